The number of ether oxygens (including phenoxy) is 1. The number of rotatable bonds is 6. The summed E-state index contributed by atoms with van der Waals surface area (Å²) in [4.78, 5) is 6.49. The third kappa shape index (κ3) is 3.85. The highest BCUT2D eigenvalue weighted by Gasteiger charge is 2.34. The van der Waals surface area contributed by atoms with Gasteiger partial charge in [-0.05, 0) is 44.9 Å². The van der Waals surface area contributed by atoms with Gasteiger partial charge in [0.1, 0.15) is 11.6 Å². The van der Waals surface area contributed by atoms with Gasteiger partial charge in [-0.1, -0.05) is 0 Å². The molecule has 7 nitrogen and oxygen atoms in total. The maximum Gasteiger partial charge on any atom is 0.119 e. The first-order valence-electron chi connectivity index (χ1n) is 10.5. The number of aliphatic hydroxyl groups excluding tert-OH is 1. The van der Waals surface area contributed by atoms with Gasteiger partial charge in [-0.3, -0.25) is 0 Å². The predicted octanol–water partition coefficient (Wildman–Crippen LogP) is 2.56. The molecule has 0 aliphatic carbocycles. The van der Waals surface area contributed by atoms with Crippen molar-refractivity contribution in [1.29, 1.82) is 0 Å². The molecule has 1 aliphatic heterocycles. The first-order chi connectivity index (χ1) is 14.3. The van der Waals surface area contributed by atoms with Gasteiger partial charge in [0.25, 0.3) is 0 Å². The van der Waals surface area contributed by atoms with E-state index in [4.69, 9.17) is 4.74 Å². The second-order valence-electron chi connectivity index (χ2n) is 8.58. The molecule has 1 atom stereocenters. The number of imidazole rings is 1. The van der Waals surface area contributed by atoms with E-state index in [0.29, 0.717) is 25.9 Å². The van der Waals surface area contributed by atoms with Crippen LogP contribution in [0.4, 0.5) is 0 Å². The molecule has 4 rings (SSSR count). The number of aliphatic hydroxyl groups is 2. The molecule has 3 heterocycles. The summed E-state index contributed by atoms with van der Waals surface area (Å²) in [7, 11) is 3.69. The van der Waals surface area contributed by atoms with Crippen molar-refractivity contribution in [3.05, 3.63) is 47.7 Å². The highest BCUT2D eigenvalue weighted by Crippen LogP contribution is 2.34. The van der Waals surface area contributed by atoms with Crippen LogP contribution in [0.15, 0.2) is 30.6 Å². The van der Waals surface area contributed by atoms with Gasteiger partial charge in [-0.15, -0.1) is 0 Å². The average Bonchev–Trinajstić information content (AvgIpc) is 3.23. The van der Waals surface area contributed by atoms with E-state index in [1.165, 1.54) is 0 Å². The lowest BCUT2D eigenvalue weighted by atomic mass is 9.90. The summed E-state index contributed by atoms with van der Waals surface area (Å²) in [5.41, 5.74) is 2.39. The number of benzene rings is 1. The van der Waals surface area contributed by atoms with Crippen LogP contribution >= 0.6 is 0 Å². The van der Waals surface area contributed by atoms with Crippen LogP contribution < -0.4 is 4.74 Å². The molecule has 30 heavy (non-hydrogen) atoms. The van der Waals surface area contributed by atoms with Crippen LogP contribution in [-0.4, -0.2) is 61.6 Å². The quantitative estimate of drug-likeness (QED) is 0.651. The third-order valence-corrected chi connectivity index (χ3v) is 6.69. The normalized spacial score (nSPS) is 18.1. The van der Waals surface area contributed by atoms with Crippen LogP contribution in [0.1, 0.15) is 36.0 Å². The van der Waals surface area contributed by atoms with E-state index < -0.39 is 11.7 Å². The topological polar surface area (TPSA) is 75.7 Å². The van der Waals surface area contributed by atoms with Crippen LogP contribution in [0, 0.1) is 13.8 Å². The van der Waals surface area contributed by atoms with Crippen LogP contribution in [0.5, 0.6) is 5.75 Å². The first-order valence-corrected chi connectivity index (χ1v) is 10.5. The minimum atomic E-state index is -0.727. The lowest BCUT2D eigenvalue weighted by Gasteiger charge is -2.39. The molecule has 0 unspecified atom stereocenters. The number of hydrogen-bond acceptors (Lipinski definition) is 5. The van der Waals surface area contributed by atoms with E-state index in [-0.39, 0.29) is 0 Å². The van der Waals surface area contributed by atoms with Crippen LogP contribution in [0.3, 0.4) is 0 Å². The molecule has 0 amide bonds. The van der Waals surface area contributed by atoms with Crippen molar-refractivity contribution in [2.45, 2.75) is 44.9 Å². The van der Waals surface area contributed by atoms with Gasteiger partial charge in [0.05, 0.1) is 25.4 Å². The standard InChI is InChI=1S/C23H32N4O3/c1-16-22(19-13-18(30-4)5-6-20(19)25(16)3)21(28)14-26-10-7-23(29,8-11-26)15-27-12-9-24-17(27)2/h5-6,9,12-13,21,28-29H,7-8,10-11,14-15H2,1-4H3/t21-/m1/s1. The Hall–Kier alpha value is -2.35. The molecule has 0 spiro atoms. The van der Waals surface area contributed by atoms with E-state index in [9.17, 15) is 10.2 Å². The van der Waals surface area contributed by atoms with E-state index in [0.717, 1.165) is 46.8 Å². The van der Waals surface area contributed by atoms with Crippen molar-refractivity contribution < 1.29 is 14.9 Å². The number of methoxy groups -OCH3 is 1. The summed E-state index contributed by atoms with van der Waals surface area (Å²) >= 11 is 0. The maximum atomic E-state index is 11.1. The predicted molar refractivity (Wildman–Crippen MR) is 117 cm³/mol. The number of nitrogens with zero attached hydrogens (tertiary/aromatic N) is 4. The van der Waals surface area contributed by atoms with Crippen molar-refractivity contribution in [2.75, 3.05) is 26.7 Å². The zero-order chi connectivity index (χ0) is 21.5. The fraction of sp³-hybridized carbons (Fsp3) is 0.522. The SMILES string of the molecule is COc1ccc2c(c1)c([C@H](O)CN1CCC(O)(Cn3ccnc3C)CC1)c(C)n2C. The van der Waals surface area contributed by atoms with Crippen LogP contribution in [-0.2, 0) is 13.6 Å². The van der Waals surface area contributed by atoms with Crippen molar-refractivity contribution in [3.8, 4) is 5.75 Å². The average molecular weight is 413 g/mol. The fourth-order valence-electron chi connectivity index (χ4n) is 4.66. The van der Waals surface area contributed by atoms with E-state index in [1.807, 2.05) is 49.9 Å². The van der Waals surface area contributed by atoms with Gasteiger partial charge < -0.3 is 29.0 Å². The van der Waals surface area contributed by atoms with Crippen molar-refractivity contribution >= 4 is 10.9 Å². The second kappa shape index (κ2) is 8.06. The number of hydrogen-bond donors (Lipinski definition) is 2. The Morgan fingerprint density at radius 2 is 1.97 bits per heavy atom. The molecule has 1 aliphatic rings. The molecule has 7 heteroatoms. The summed E-state index contributed by atoms with van der Waals surface area (Å²) in [5.74, 6) is 1.71. The number of β-amino-alcohol motifs (C(OH)–C–C–N with tert-alkyl or cyclic N) is 1. The van der Waals surface area contributed by atoms with Crippen LogP contribution in [0.2, 0.25) is 0 Å². The minimum Gasteiger partial charge on any atom is -0.497 e. The molecule has 1 saturated heterocycles. The number of likely N-dealkylation sites (tertiary alicyclic amines) is 1. The molecular weight excluding hydrogens is 380 g/mol. The van der Waals surface area contributed by atoms with Crippen molar-refractivity contribution in [1.82, 2.24) is 19.0 Å². The van der Waals surface area contributed by atoms with Gasteiger partial charge in [0.2, 0.25) is 0 Å². The highest BCUT2D eigenvalue weighted by molar-refractivity contribution is 5.87. The molecular formula is C23H32N4O3. The molecule has 0 radical (unpaired) electrons. The second-order valence-corrected chi connectivity index (χ2v) is 8.58. The third-order valence-electron chi connectivity index (χ3n) is 6.69. The van der Waals surface area contributed by atoms with Crippen LogP contribution in [0.25, 0.3) is 10.9 Å². The smallest absolute Gasteiger partial charge is 0.119 e. The zero-order valence-corrected chi connectivity index (χ0v) is 18.3. The van der Waals surface area contributed by atoms with Gasteiger partial charge in [-0.2, -0.15) is 0 Å². The Balaban J connectivity index is 1.46. The molecule has 0 saturated carbocycles. The monoisotopic (exact) mass is 412 g/mol. The van der Waals surface area contributed by atoms with Gasteiger partial charge >= 0.3 is 0 Å². The summed E-state index contributed by atoms with van der Waals surface area (Å²) in [6.45, 7) is 6.64. The van der Waals surface area contributed by atoms with E-state index >= 15 is 0 Å². The Morgan fingerprint density at radius 3 is 2.60 bits per heavy atom. The lowest BCUT2D eigenvalue weighted by Crippen LogP contribution is -2.47. The lowest BCUT2D eigenvalue weighted by molar-refractivity contribution is -0.0418. The summed E-state index contributed by atoms with van der Waals surface area (Å²) in [5, 5.41) is 23.2. The Bertz CT molecular complexity index is 1030. The summed E-state index contributed by atoms with van der Waals surface area (Å²) < 4.78 is 9.53. The maximum absolute atomic E-state index is 11.1. The molecule has 1 fully saturated rings. The van der Waals surface area contributed by atoms with Gasteiger partial charge in [0.15, 0.2) is 0 Å². The number of fused-ring (bicyclic) bond motifs is 1. The summed E-state index contributed by atoms with van der Waals surface area (Å²) in [6, 6.07) is 5.99. The van der Waals surface area contributed by atoms with Crippen molar-refractivity contribution in [3.63, 3.8) is 0 Å². The molecule has 2 aromatic heterocycles. The molecule has 3 aromatic rings. The first kappa shape index (κ1) is 20.9. The van der Waals surface area contributed by atoms with E-state index in [1.54, 1.807) is 13.3 Å². The molecule has 0 bridgehead atoms. The largest absolute Gasteiger partial charge is 0.497 e. The van der Waals surface area contributed by atoms with Crippen molar-refractivity contribution in [2.24, 2.45) is 7.05 Å². The molecule has 1 aromatic carbocycles. The van der Waals surface area contributed by atoms with Gasteiger partial charge in [-0.25, -0.2) is 4.98 Å². The number of piperidine rings is 1. The Kier molecular flexibility index (Phi) is 5.61. The summed E-state index contributed by atoms with van der Waals surface area (Å²) in [6.07, 6.45) is 4.45. The van der Waals surface area contributed by atoms with Gasteiger partial charge in [0, 0.05) is 61.2 Å². The number of aryl methyl sites for hydroxylation is 2. The molecule has 162 valence electrons. The zero-order valence-electron chi connectivity index (χ0n) is 18.3. The Labute approximate surface area is 177 Å². The molecule has 2 N–H and O–H groups in total. The van der Waals surface area contributed by atoms with E-state index in [2.05, 4.69) is 14.5 Å². The number of aromatic nitrogens is 3. The fourth-order valence-corrected chi connectivity index (χ4v) is 4.66. The Morgan fingerprint density at radius 1 is 1.23 bits per heavy atom. The minimum absolute atomic E-state index is 0.553. The highest BCUT2D eigenvalue weighted by atomic mass is 16.5.